The van der Waals surface area contributed by atoms with E-state index in [0.717, 1.165) is 57.8 Å². The number of esters is 4. The number of hydrogen-bond acceptors (Lipinski definition) is 10. The topological polar surface area (TPSA) is 124 Å². The predicted molar refractivity (Wildman–Crippen MR) is 235 cm³/mol. The highest BCUT2D eigenvalue weighted by Gasteiger charge is 2.22. The predicted octanol–water partition coefficient (Wildman–Crippen LogP) is 12.6. The van der Waals surface area contributed by atoms with Gasteiger partial charge in [0.25, 0.3) is 0 Å². The summed E-state index contributed by atoms with van der Waals surface area (Å²) in [5.74, 6) is -1.25. The van der Waals surface area contributed by atoms with E-state index in [2.05, 4.69) is 27.4 Å². The maximum absolute atomic E-state index is 13.6. The van der Waals surface area contributed by atoms with Gasteiger partial charge in [-0.05, 0) is 112 Å². The van der Waals surface area contributed by atoms with Crippen molar-refractivity contribution in [3.8, 4) is 23.0 Å². The first kappa shape index (κ1) is 49.2. The minimum Gasteiger partial charge on any atom is -0.494 e. The lowest BCUT2D eigenvalue weighted by Crippen LogP contribution is -2.20. The number of ether oxygens (including phenoxy) is 6. The van der Waals surface area contributed by atoms with E-state index in [4.69, 9.17) is 28.4 Å². The molecule has 0 aliphatic heterocycles. The summed E-state index contributed by atoms with van der Waals surface area (Å²) in [6, 6.07) is 17.5. The molecular formula is C50H68O10. The highest BCUT2D eigenvalue weighted by atomic mass is 16.6. The van der Waals surface area contributed by atoms with Crippen LogP contribution in [-0.4, -0.2) is 49.8 Å². The molecule has 0 saturated heterocycles. The van der Waals surface area contributed by atoms with Crippen LogP contribution in [0.3, 0.4) is 0 Å². The summed E-state index contributed by atoms with van der Waals surface area (Å²) in [5.41, 5.74) is 0.780. The van der Waals surface area contributed by atoms with E-state index >= 15 is 0 Å². The van der Waals surface area contributed by atoms with Crippen LogP contribution in [-0.2, 0) is 14.3 Å². The van der Waals surface area contributed by atoms with Crippen molar-refractivity contribution >= 4 is 23.9 Å². The van der Waals surface area contributed by atoms with Gasteiger partial charge in [0.1, 0.15) is 34.7 Å². The molecule has 0 N–H and O–H groups in total. The monoisotopic (exact) mass is 828 g/mol. The molecule has 3 aromatic carbocycles. The molecule has 60 heavy (non-hydrogen) atoms. The highest BCUT2D eigenvalue weighted by molar-refractivity contribution is 5.97. The molecule has 3 aromatic rings. The lowest BCUT2D eigenvalue weighted by molar-refractivity contribution is -0.145. The van der Waals surface area contributed by atoms with Crippen molar-refractivity contribution in [2.24, 2.45) is 0 Å². The molecule has 0 fully saturated rings. The second kappa shape index (κ2) is 29.2. The van der Waals surface area contributed by atoms with Crippen molar-refractivity contribution in [1.82, 2.24) is 0 Å². The maximum atomic E-state index is 13.6. The molecule has 0 saturated carbocycles. The first-order valence-electron chi connectivity index (χ1n) is 22.2. The van der Waals surface area contributed by atoms with E-state index in [1.807, 2.05) is 0 Å². The van der Waals surface area contributed by atoms with E-state index in [0.29, 0.717) is 55.1 Å². The summed E-state index contributed by atoms with van der Waals surface area (Å²) in [6.07, 6.45) is 17.9. The third kappa shape index (κ3) is 19.3. The molecule has 0 radical (unpaired) electrons. The third-order valence-electron chi connectivity index (χ3n) is 9.95. The molecule has 0 aliphatic carbocycles. The van der Waals surface area contributed by atoms with Gasteiger partial charge in [0.15, 0.2) is 0 Å². The average molecular weight is 829 g/mol. The van der Waals surface area contributed by atoms with Crippen LogP contribution in [0, 0.1) is 0 Å². The van der Waals surface area contributed by atoms with Crippen LogP contribution in [0.4, 0.5) is 0 Å². The molecule has 0 amide bonds. The lowest BCUT2D eigenvalue weighted by atomic mass is 10.0. The number of hydrogen-bond donors (Lipinski definition) is 0. The zero-order valence-corrected chi connectivity index (χ0v) is 36.6. The number of unbranched alkanes of at least 4 members (excludes halogenated alkanes) is 12. The van der Waals surface area contributed by atoms with E-state index in [1.54, 1.807) is 55.5 Å². The normalized spacial score (nSPS) is 11.3. The first-order valence-corrected chi connectivity index (χ1v) is 22.2. The zero-order valence-electron chi connectivity index (χ0n) is 36.6. The quantitative estimate of drug-likeness (QED) is 0.0268. The lowest BCUT2D eigenvalue weighted by Gasteiger charge is -2.18. The summed E-state index contributed by atoms with van der Waals surface area (Å²) >= 11 is 0. The number of carbonyl (C=O) groups excluding carboxylic acids is 4. The van der Waals surface area contributed by atoms with Gasteiger partial charge in [0.2, 0.25) is 0 Å². The highest BCUT2D eigenvalue weighted by Crippen LogP contribution is 2.28. The van der Waals surface area contributed by atoms with Gasteiger partial charge < -0.3 is 28.4 Å². The van der Waals surface area contributed by atoms with E-state index in [-0.39, 0.29) is 35.3 Å². The van der Waals surface area contributed by atoms with Crippen LogP contribution >= 0.6 is 0 Å². The van der Waals surface area contributed by atoms with Gasteiger partial charge in [-0.3, -0.25) is 0 Å². The fourth-order valence-corrected chi connectivity index (χ4v) is 6.35. The van der Waals surface area contributed by atoms with Crippen molar-refractivity contribution < 1.29 is 47.6 Å². The standard InChI is InChI=1S/C50H68O10/c1-6-9-12-15-18-22-43(58-47(51)38(4)5)23-21-36-57-50(54)45-37-44(59-48(52)39-24-28-41(29-25-39)55-34-19-16-13-10-7-2)32-33-46(45)60-49(53)40-26-30-42(31-27-40)56-35-20-17-14-11-8-3/h24-33,37,43H,4,6-23,34-36H2,1-3,5H3. The van der Waals surface area contributed by atoms with Crippen molar-refractivity contribution in [2.75, 3.05) is 19.8 Å². The fraction of sp³-hybridized carbons (Fsp3) is 0.520. The Labute approximate surface area is 358 Å². The second-order valence-electron chi connectivity index (χ2n) is 15.3. The van der Waals surface area contributed by atoms with Gasteiger partial charge in [0, 0.05) is 5.57 Å². The summed E-state index contributed by atoms with van der Waals surface area (Å²) in [5, 5.41) is 0. The Bertz CT molecular complexity index is 1730. The number of rotatable bonds is 31. The van der Waals surface area contributed by atoms with Crippen LogP contribution in [0.1, 0.15) is 174 Å². The molecule has 0 aliphatic rings. The number of carbonyl (C=O) groups is 4. The molecule has 10 nitrogen and oxygen atoms in total. The molecule has 10 heteroatoms. The summed E-state index contributed by atoms with van der Waals surface area (Å²) in [7, 11) is 0. The Morgan fingerprint density at radius 2 is 0.983 bits per heavy atom. The Hall–Kier alpha value is -5.12. The van der Waals surface area contributed by atoms with Crippen molar-refractivity contribution in [3.05, 3.63) is 95.6 Å². The van der Waals surface area contributed by atoms with Gasteiger partial charge in [-0.2, -0.15) is 0 Å². The third-order valence-corrected chi connectivity index (χ3v) is 9.95. The van der Waals surface area contributed by atoms with E-state index in [1.165, 1.54) is 56.7 Å². The SMILES string of the molecule is C=C(C)C(=O)OC(CCCCCCC)CCCOC(=O)c1cc(OC(=O)c2ccc(OCCCCCCC)cc2)ccc1OC(=O)c1ccc(OCCCCCCC)cc1. The van der Waals surface area contributed by atoms with Crippen LogP contribution in [0.5, 0.6) is 23.0 Å². The molecule has 1 atom stereocenters. The van der Waals surface area contributed by atoms with Crippen LogP contribution in [0.15, 0.2) is 78.9 Å². The summed E-state index contributed by atoms with van der Waals surface area (Å²) in [6.45, 7) is 13.0. The minimum absolute atomic E-state index is 0.0143. The fourth-order valence-electron chi connectivity index (χ4n) is 6.35. The zero-order chi connectivity index (χ0) is 43.4. The maximum Gasteiger partial charge on any atom is 0.343 e. The molecule has 0 spiro atoms. The Morgan fingerprint density at radius 3 is 1.50 bits per heavy atom. The summed E-state index contributed by atoms with van der Waals surface area (Å²) in [4.78, 5) is 52.4. The second-order valence-corrected chi connectivity index (χ2v) is 15.3. The van der Waals surface area contributed by atoms with Crippen LogP contribution in [0.25, 0.3) is 0 Å². The van der Waals surface area contributed by atoms with E-state index in [9.17, 15) is 19.2 Å². The van der Waals surface area contributed by atoms with Gasteiger partial charge in [0.05, 0.1) is 30.9 Å². The van der Waals surface area contributed by atoms with Crippen molar-refractivity contribution in [2.45, 2.75) is 149 Å². The molecule has 0 heterocycles. The molecular weight excluding hydrogens is 761 g/mol. The van der Waals surface area contributed by atoms with Crippen molar-refractivity contribution in [3.63, 3.8) is 0 Å². The van der Waals surface area contributed by atoms with Gasteiger partial charge in [-0.1, -0.05) is 104 Å². The molecule has 3 rings (SSSR count). The molecule has 1 unspecified atom stereocenters. The smallest absolute Gasteiger partial charge is 0.343 e. The first-order chi connectivity index (χ1) is 29.1. The Kier molecular flexibility index (Phi) is 23.9. The van der Waals surface area contributed by atoms with Gasteiger partial charge in [-0.25, -0.2) is 19.2 Å². The molecule has 0 aromatic heterocycles. The number of benzene rings is 3. The Morgan fingerprint density at radius 1 is 0.517 bits per heavy atom. The average Bonchev–Trinajstić information content (AvgIpc) is 3.25. The van der Waals surface area contributed by atoms with E-state index < -0.39 is 23.9 Å². The van der Waals surface area contributed by atoms with Crippen LogP contribution in [0.2, 0.25) is 0 Å². The minimum atomic E-state index is -0.773. The van der Waals surface area contributed by atoms with Crippen LogP contribution < -0.4 is 18.9 Å². The largest absolute Gasteiger partial charge is 0.494 e. The Balaban J connectivity index is 1.70. The molecule has 328 valence electrons. The molecule has 0 bridgehead atoms. The van der Waals surface area contributed by atoms with Crippen molar-refractivity contribution in [1.29, 1.82) is 0 Å². The van der Waals surface area contributed by atoms with Gasteiger partial charge in [-0.15, -0.1) is 0 Å². The van der Waals surface area contributed by atoms with Gasteiger partial charge >= 0.3 is 23.9 Å². The summed E-state index contributed by atoms with van der Waals surface area (Å²) < 4.78 is 34.4.